The van der Waals surface area contributed by atoms with Gasteiger partial charge in [-0.3, -0.25) is 15.6 Å². The van der Waals surface area contributed by atoms with Gasteiger partial charge in [-0.1, -0.05) is 5.17 Å². The minimum Gasteiger partial charge on any atom is -0.473 e. The molecule has 0 aromatic carbocycles. The Balaban J connectivity index is 2.47. The third-order valence-electron chi connectivity index (χ3n) is 1.91. The first-order chi connectivity index (χ1) is 7.67. The lowest BCUT2D eigenvalue weighted by molar-refractivity contribution is -0.257. The average molecular weight is 248 g/mol. The standard InChI is InChI=1S/C8H16N4O3S/c1-3-15-5-7-4-11(10-8(16)14-2)12(13)6-9-7/h13H,3-6H2,1-2H3,(H,10,16). The molecule has 0 atom stereocenters. The first kappa shape index (κ1) is 13.3. The number of methoxy groups -OCH3 is 1. The molecule has 1 rings (SSSR count). The van der Waals surface area contributed by atoms with E-state index in [4.69, 9.17) is 21.7 Å². The second kappa shape index (κ2) is 6.71. The summed E-state index contributed by atoms with van der Waals surface area (Å²) in [5, 5.41) is 12.0. The lowest BCUT2D eigenvalue weighted by Gasteiger charge is -2.32. The van der Waals surface area contributed by atoms with Crippen LogP contribution < -0.4 is 5.43 Å². The number of hydrazine groups is 2. The van der Waals surface area contributed by atoms with E-state index in [1.165, 1.54) is 12.2 Å². The number of rotatable bonds is 4. The van der Waals surface area contributed by atoms with Gasteiger partial charge in [-0.05, 0) is 19.1 Å². The molecule has 92 valence electrons. The second-order valence-electron chi connectivity index (χ2n) is 3.04. The van der Waals surface area contributed by atoms with Crippen molar-refractivity contribution in [3.63, 3.8) is 0 Å². The summed E-state index contributed by atoms with van der Waals surface area (Å²) in [6.07, 6.45) is 0. The monoisotopic (exact) mass is 248 g/mol. The van der Waals surface area contributed by atoms with Gasteiger partial charge in [0.1, 0.15) is 6.67 Å². The van der Waals surface area contributed by atoms with Crippen molar-refractivity contribution in [3.8, 4) is 0 Å². The van der Waals surface area contributed by atoms with E-state index in [-0.39, 0.29) is 11.8 Å². The van der Waals surface area contributed by atoms with Crippen LogP contribution in [0.3, 0.4) is 0 Å². The van der Waals surface area contributed by atoms with Crippen LogP contribution >= 0.6 is 12.2 Å². The number of hydrogen-bond acceptors (Lipinski definition) is 7. The van der Waals surface area contributed by atoms with Crippen molar-refractivity contribution in [1.82, 2.24) is 15.7 Å². The first-order valence-electron chi connectivity index (χ1n) is 4.85. The predicted molar refractivity (Wildman–Crippen MR) is 61.9 cm³/mol. The SMILES string of the molecule is CCOCC1=NCN(O)N(NC(=S)OC)C1. The molecule has 0 saturated carbocycles. The van der Waals surface area contributed by atoms with E-state index in [1.807, 2.05) is 6.92 Å². The van der Waals surface area contributed by atoms with Crippen LogP contribution in [0.5, 0.6) is 0 Å². The maximum atomic E-state index is 9.49. The van der Waals surface area contributed by atoms with E-state index in [2.05, 4.69) is 10.4 Å². The molecule has 0 aliphatic carbocycles. The summed E-state index contributed by atoms with van der Waals surface area (Å²) in [4.78, 5) is 4.13. The molecule has 1 heterocycles. The predicted octanol–water partition coefficient (Wildman–Crippen LogP) is -0.221. The van der Waals surface area contributed by atoms with Gasteiger partial charge in [-0.2, -0.15) is 0 Å². The van der Waals surface area contributed by atoms with Crippen molar-refractivity contribution in [3.05, 3.63) is 0 Å². The summed E-state index contributed by atoms with van der Waals surface area (Å²) in [6, 6.07) is 0. The number of hydroxylamine groups is 1. The molecular weight excluding hydrogens is 232 g/mol. The van der Waals surface area contributed by atoms with E-state index >= 15 is 0 Å². The molecule has 0 fully saturated rings. The zero-order valence-corrected chi connectivity index (χ0v) is 10.2. The van der Waals surface area contributed by atoms with Gasteiger partial charge in [-0.25, -0.2) is 0 Å². The number of nitrogens with one attached hydrogen (secondary N) is 1. The minimum atomic E-state index is 0.141. The van der Waals surface area contributed by atoms with Crippen LogP contribution in [0.4, 0.5) is 0 Å². The molecule has 0 spiro atoms. The first-order valence-corrected chi connectivity index (χ1v) is 5.26. The van der Waals surface area contributed by atoms with Gasteiger partial charge in [0.05, 0.1) is 26.0 Å². The van der Waals surface area contributed by atoms with Gasteiger partial charge in [-0.15, -0.1) is 5.12 Å². The van der Waals surface area contributed by atoms with Crippen LogP contribution in [0.1, 0.15) is 6.92 Å². The van der Waals surface area contributed by atoms with E-state index in [0.717, 1.165) is 10.9 Å². The van der Waals surface area contributed by atoms with Gasteiger partial charge >= 0.3 is 0 Å². The number of thiocarbonyl (C=S) groups is 1. The molecule has 16 heavy (non-hydrogen) atoms. The lowest BCUT2D eigenvalue weighted by Crippen LogP contribution is -2.56. The quantitative estimate of drug-likeness (QED) is 0.666. The molecule has 0 bridgehead atoms. The molecule has 0 radical (unpaired) electrons. The summed E-state index contributed by atoms with van der Waals surface area (Å²) < 4.78 is 10.0. The zero-order chi connectivity index (χ0) is 12.0. The van der Waals surface area contributed by atoms with E-state index < -0.39 is 0 Å². The largest absolute Gasteiger partial charge is 0.473 e. The highest BCUT2D eigenvalue weighted by molar-refractivity contribution is 7.80. The summed E-state index contributed by atoms with van der Waals surface area (Å²) >= 11 is 4.83. The number of hydrogen-bond donors (Lipinski definition) is 2. The molecule has 7 nitrogen and oxygen atoms in total. The average Bonchev–Trinajstić information content (AvgIpc) is 2.30. The zero-order valence-electron chi connectivity index (χ0n) is 9.34. The minimum absolute atomic E-state index is 0.141. The summed E-state index contributed by atoms with van der Waals surface area (Å²) in [7, 11) is 1.45. The van der Waals surface area contributed by atoms with Crippen LogP contribution in [0.25, 0.3) is 0 Å². The summed E-state index contributed by atoms with van der Waals surface area (Å²) in [5.74, 6) is 0. The molecule has 1 aliphatic heterocycles. The fourth-order valence-electron chi connectivity index (χ4n) is 1.10. The topological polar surface area (TPSA) is 69.6 Å². The smallest absolute Gasteiger partial charge is 0.272 e. The van der Waals surface area contributed by atoms with Crippen molar-refractivity contribution in [2.45, 2.75) is 6.92 Å². The van der Waals surface area contributed by atoms with Crippen molar-refractivity contribution in [1.29, 1.82) is 0 Å². The molecule has 8 heteroatoms. The van der Waals surface area contributed by atoms with Gasteiger partial charge in [0.15, 0.2) is 0 Å². The van der Waals surface area contributed by atoms with Crippen molar-refractivity contribution >= 4 is 23.1 Å². The normalized spacial score (nSPS) is 18.1. The Bertz CT molecular complexity index is 274. The number of nitrogens with zero attached hydrogens (tertiary/aromatic N) is 3. The van der Waals surface area contributed by atoms with Crippen LogP contribution in [-0.4, -0.2) is 59.9 Å². The third kappa shape index (κ3) is 3.99. The highest BCUT2D eigenvalue weighted by Gasteiger charge is 2.21. The molecular formula is C8H16N4O3S. The Labute approximate surface area is 99.5 Å². The molecule has 0 unspecified atom stereocenters. The highest BCUT2D eigenvalue weighted by Crippen LogP contribution is 2.00. The molecule has 0 aromatic heterocycles. The van der Waals surface area contributed by atoms with Crippen LogP contribution in [0, 0.1) is 0 Å². The van der Waals surface area contributed by atoms with Gasteiger partial charge in [0, 0.05) is 6.61 Å². The van der Waals surface area contributed by atoms with Crippen LogP contribution in [-0.2, 0) is 9.47 Å². The molecule has 2 N–H and O–H groups in total. The van der Waals surface area contributed by atoms with Crippen molar-refractivity contribution in [2.24, 2.45) is 4.99 Å². The number of ether oxygens (including phenoxy) is 2. The highest BCUT2D eigenvalue weighted by atomic mass is 32.1. The Morgan fingerprint density at radius 1 is 1.69 bits per heavy atom. The van der Waals surface area contributed by atoms with Gasteiger partial charge in [0.25, 0.3) is 5.17 Å². The van der Waals surface area contributed by atoms with Crippen molar-refractivity contribution < 1.29 is 14.7 Å². The van der Waals surface area contributed by atoms with E-state index in [1.54, 1.807) is 0 Å². The van der Waals surface area contributed by atoms with Crippen LogP contribution in [0.15, 0.2) is 4.99 Å². The Morgan fingerprint density at radius 3 is 3.06 bits per heavy atom. The maximum Gasteiger partial charge on any atom is 0.272 e. The third-order valence-corrected chi connectivity index (χ3v) is 2.17. The van der Waals surface area contributed by atoms with Gasteiger partial charge in [0.2, 0.25) is 0 Å². The van der Waals surface area contributed by atoms with Crippen LogP contribution in [0.2, 0.25) is 0 Å². The van der Waals surface area contributed by atoms with Gasteiger partial charge < -0.3 is 9.47 Å². The van der Waals surface area contributed by atoms with Crippen molar-refractivity contribution in [2.75, 3.05) is 33.5 Å². The fourth-order valence-corrected chi connectivity index (χ4v) is 1.21. The maximum absolute atomic E-state index is 9.49. The van der Waals surface area contributed by atoms with E-state index in [0.29, 0.717) is 19.8 Å². The Kier molecular flexibility index (Phi) is 5.56. The summed E-state index contributed by atoms with van der Waals surface area (Å²) in [5.41, 5.74) is 3.54. The second-order valence-corrected chi connectivity index (χ2v) is 3.41. The molecule has 0 aromatic rings. The lowest BCUT2D eigenvalue weighted by atomic mass is 10.4. The van der Waals surface area contributed by atoms with E-state index in [9.17, 15) is 5.21 Å². The molecule has 0 saturated heterocycles. The fraction of sp³-hybridized carbons (Fsp3) is 0.750. The summed E-state index contributed by atoms with van der Waals surface area (Å²) in [6.45, 7) is 3.52. The molecule has 0 amide bonds. The molecule has 1 aliphatic rings. The Morgan fingerprint density at radius 2 is 2.44 bits per heavy atom. The Hall–Kier alpha value is -0.800. The number of aliphatic imine (C=N–C) groups is 1.